The van der Waals surface area contributed by atoms with Gasteiger partial charge in [-0.3, -0.25) is 0 Å². The molecule has 0 radical (unpaired) electrons. The van der Waals surface area contributed by atoms with Crippen LogP contribution in [-0.2, 0) is 0 Å². The van der Waals surface area contributed by atoms with E-state index in [2.05, 4.69) is 0 Å². The van der Waals surface area contributed by atoms with Crippen LogP contribution in [0.2, 0.25) is 0 Å². The van der Waals surface area contributed by atoms with E-state index in [1.54, 1.807) is 12.2 Å². The largest absolute Gasteiger partial charge is 0.412 e. The summed E-state index contributed by atoms with van der Waals surface area (Å²) in [4.78, 5) is 1.92. The van der Waals surface area contributed by atoms with E-state index in [9.17, 15) is 13.2 Å². The summed E-state index contributed by atoms with van der Waals surface area (Å²) in [6.45, 7) is 0.651. The van der Waals surface area contributed by atoms with E-state index in [-0.39, 0.29) is 6.42 Å². The molecule has 4 heteroatoms. The average Bonchev–Trinajstić information content (AvgIpc) is 2.27. The Kier molecular flexibility index (Phi) is 3.74. The van der Waals surface area contributed by atoms with Crippen LogP contribution in [-0.4, -0.2) is 31.7 Å². The number of hydrogen-bond acceptors (Lipinski definition) is 1. The third kappa shape index (κ3) is 3.91. The van der Waals surface area contributed by atoms with Crippen LogP contribution < -0.4 is 0 Å². The first-order valence-electron chi connectivity index (χ1n) is 4.68. The summed E-state index contributed by atoms with van der Waals surface area (Å²) in [5.41, 5.74) is 0.395. The first-order valence-corrected chi connectivity index (χ1v) is 4.68. The number of likely N-dealkylation sites (N-methyl/N-ethyl adjacent to an activating group) is 1. The van der Waals surface area contributed by atoms with E-state index >= 15 is 0 Å². The molecule has 0 atom stereocenters. The van der Waals surface area contributed by atoms with E-state index in [1.807, 2.05) is 19.0 Å². The highest BCUT2D eigenvalue weighted by molar-refractivity contribution is 5.33. The third-order valence-corrected chi connectivity index (χ3v) is 2.03. The summed E-state index contributed by atoms with van der Waals surface area (Å²) >= 11 is 0. The Balaban J connectivity index is 2.80. The zero-order valence-electron chi connectivity index (χ0n) is 8.80. The lowest BCUT2D eigenvalue weighted by Gasteiger charge is -2.09. The number of nitrogens with zero attached hydrogens (tertiary/aromatic N) is 1. The van der Waals surface area contributed by atoms with Gasteiger partial charge in [0.15, 0.2) is 0 Å². The van der Waals surface area contributed by atoms with Crippen LogP contribution in [0.5, 0.6) is 0 Å². The molecule has 1 aliphatic rings. The molecule has 1 nitrogen and oxygen atoms in total. The monoisotopic (exact) mass is 217 g/mol. The molecule has 0 heterocycles. The molecular formula is C11H14F3N. The SMILES string of the molecule is CN(C)CC1=CC=C(C(F)(F)F)CC=C1. The molecule has 84 valence electrons. The summed E-state index contributed by atoms with van der Waals surface area (Å²) in [6.07, 6.45) is 1.74. The first-order chi connectivity index (χ1) is 6.89. The topological polar surface area (TPSA) is 3.24 Å². The smallest absolute Gasteiger partial charge is 0.305 e. The van der Waals surface area contributed by atoms with Gasteiger partial charge in [-0.25, -0.2) is 0 Å². The lowest BCUT2D eigenvalue weighted by atomic mass is 10.2. The Hall–Kier alpha value is -1.03. The van der Waals surface area contributed by atoms with Gasteiger partial charge in [0.25, 0.3) is 0 Å². The van der Waals surface area contributed by atoms with Crippen molar-refractivity contribution in [3.63, 3.8) is 0 Å². The first kappa shape index (κ1) is 12.0. The van der Waals surface area contributed by atoms with Gasteiger partial charge >= 0.3 is 6.18 Å². The van der Waals surface area contributed by atoms with Crippen molar-refractivity contribution in [1.29, 1.82) is 0 Å². The maximum Gasteiger partial charge on any atom is 0.412 e. The standard InChI is InChI=1S/C11H14F3N/c1-15(2)8-9-4-3-5-10(7-6-9)11(12,13)14/h3-4,6-7H,5,8H2,1-2H3. The molecular weight excluding hydrogens is 203 g/mol. The number of halogens is 3. The normalized spacial score (nSPS) is 17.5. The van der Waals surface area contributed by atoms with Gasteiger partial charge in [0.1, 0.15) is 0 Å². The summed E-state index contributed by atoms with van der Waals surface area (Å²) < 4.78 is 37.1. The van der Waals surface area contributed by atoms with E-state index in [4.69, 9.17) is 0 Å². The fourth-order valence-corrected chi connectivity index (χ4v) is 1.35. The fourth-order valence-electron chi connectivity index (χ4n) is 1.35. The van der Waals surface area contributed by atoms with Crippen molar-refractivity contribution in [3.8, 4) is 0 Å². The third-order valence-electron chi connectivity index (χ3n) is 2.03. The number of rotatable bonds is 2. The van der Waals surface area contributed by atoms with Crippen molar-refractivity contribution < 1.29 is 13.2 Å². The second-order valence-corrected chi connectivity index (χ2v) is 3.78. The van der Waals surface area contributed by atoms with Gasteiger partial charge in [0.2, 0.25) is 0 Å². The predicted molar refractivity (Wildman–Crippen MR) is 54.5 cm³/mol. The van der Waals surface area contributed by atoms with Crippen molar-refractivity contribution >= 4 is 0 Å². The Morgan fingerprint density at radius 3 is 2.47 bits per heavy atom. The molecule has 0 aromatic heterocycles. The molecule has 0 aliphatic heterocycles. The van der Waals surface area contributed by atoms with Gasteiger partial charge in [0, 0.05) is 12.1 Å². The molecule has 15 heavy (non-hydrogen) atoms. The van der Waals surface area contributed by atoms with Gasteiger partial charge in [-0.15, -0.1) is 0 Å². The molecule has 1 rings (SSSR count). The van der Waals surface area contributed by atoms with Crippen molar-refractivity contribution in [2.24, 2.45) is 0 Å². The maximum absolute atomic E-state index is 12.4. The minimum atomic E-state index is -4.21. The lowest BCUT2D eigenvalue weighted by Crippen LogP contribution is -2.14. The highest BCUT2D eigenvalue weighted by Gasteiger charge is 2.32. The van der Waals surface area contributed by atoms with Gasteiger partial charge in [-0.1, -0.05) is 24.3 Å². The van der Waals surface area contributed by atoms with Crippen LogP contribution in [0, 0.1) is 0 Å². The number of alkyl halides is 3. The molecule has 0 unspecified atom stereocenters. The van der Waals surface area contributed by atoms with E-state index in [1.165, 1.54) is 12.2 Å². The quantitative estimate of drug-likeness (QED) is 0.687. The molecule has 0 saturated heterocycles. The van der Waals surface area contributed by atoms with Crippen LogP contribution in [0.1, 0.15) is 6.42 Å². The Labute approximate surface area is 87.6 Å². The summed E-state index contributed by atoms with van der Waals surface area (Å²) in [5.74, 6) is 0. The van der Waals surface area contributed by atoms with Crippen molar-refractivity contribution in [1.82, 2.24) is 4.90 Å². The lowest BCUT2D eigenvalue weighted by molar-refractivity contribution is -0.0928. The van der Waals surface area contributed by atoms with E-state index in [0.717, 1.165) is 5.57 Å². The van der Waals surface area contributed by atoms with Gasteiger partial charge in [-0.2, -0.15) is 13.2 Å². The second kappa shape index (κ2) is 4.66. The maximum atomic E-state index is 12.4. The van der Waals surface area contributed by atoms with Gasteiger partial charge in [0.05, 0.1) is 0 Å². The van der Waals surface area contributed by atoms with Crippen molar-refractivity contribution in [2.45, 2.75) is 12.6 Å². The number of hydrogen-bond donors (Lipinski definition) is 0. The molecule has 1 aliphatic carbocycles. The molecule has 0 bridgehead atoms. The summed E-state index contributed by atoms with van der Waals surface area (Å²) in [6, 6.07) is 0. The van der Waals surface area contributed by atoms with Crippen LogP contribution in [0.15, 0.2) is 35.5 Å². The minimum absolute atomic E-state index is 0.0447. The molecule has 0 saturated carbocycles. The van der Waals surface area contributed by atoms with Crippen molar-refractivity contribution in [2.75, 3.05) is 20.6 Å². The highest BCUT2D eigenvalue weighted by Crippen LogP contribution is 2.29. The van der Waals surface area contributed by atoms with E-state index < -0.39 is 11.7 Å². The summed E-state index contributed by atoms with van der Waals surface area (Å²) in [7, 11) is 3.77. The minimum Gasteiger partial charge on any atom is -0.305 e. The molecule has 0 fully saturated rings. The molecule has 0 aromatic rings. The van der Waals surface area contributed by atoms with Gasteiger partial charge in [-0.05, 0) is 26.1 Å². The fraction of sp³-hybridized carbons (Fsp3) is 0.455. The highest BCUT2D eigenvalue weighted by atomic mass is 19.4. The molecule has 0 spiro atoms. The molecule has 0 amide bonds. The summed E-state index contributed by atoms with van der Waals surface area (Å²) in [5, 5.41) is 0. The Morgan fingerprint density at radius 2 is 1.93 bits per heavy atom. The predicted octanol–water partition coefficient (Wildman–Crippen LogP) is 2.92. The number of allylic oxidation sites excluding steroid dienone is 4. The van der Waals surface area contributed by atoms with Crippen LogP contribution >= 0.6 is 0 Å². The van der Waals surface area contributed by atoms with Crippen LogP contribution in [0.4, 0.5) is 13.2 Å². The average molecular weight is 217 g/mol. The zero-order valence-corrected chi connectivity index (χ0v) is 8.80. The van der Waals surface area contributed by atoms with Crippen LogP contribution in [0.25, 0.3) is 0 Å². The Bertz CT molecular complexity index is 308. The van der Waals surface area contributed by atoms with Gasteiger partial charge < -0.3 is 4.90 Å². The second-order valence-electron chi connectivity index (χ2n) is 3.78. The zero-order chi connectivity index (χ0) is 11.5. The Morgan fingerprint density at radius 1 is 1.27 bits per heavy atom. The van der Waals surface area contributed by atoms with E-state index in [0.29, 0.717) is 6.54 Å². The molecule has 0 aromatic carbocycles. The molecule has 0 N–H and O–H groups in total. The van der Waals surface area contributed by atoms with Crippen LogP contribution in [0.3, 0.4) is 0 Å². The van der Waals surface area contributed by atoms with Crippen molar-refractivity contribution in [3.05, 3.63) is 35.5 Å².